The fourth-order valence-corrected chi connectivity index (χ4v) is 3.88. The third-order valence-corrected chi connectivity index (χ3v) is 5.43. The Morgan fingerprint density at radius 1 is 1.11 bits per heavy atom. The first-order valence-corrected chi connectivity index (χ1v) is 9.87. The molecule has 4 rings (SSSR count). The van der Waals surface area contributed by atoms with Crippen molar-refractivity contribution in [3.63, 3.8) is 0 Å². The summed E-state index contributed by atoms with van der Waals surface area (Å²) in [6, 6.07) is 8.96. The lowest BCUT2D eigenvalue weighted by atomic mass is 9.97. The zero-order valence-corrected chi connectivity index (χ0v) is 15.6. The highest BCUT2D eigenvalue weighted by Gasteiger charge is 2.29. The summed E-state index contributed by atoms with van der Waals surface area (Å²) in [4.78, 5) is 26.8. The van der Waals surface area contributed by atoms with Crippen molar-refractivity contribution in [2.45, 2.75) is 12.8 Å². The molecule has 3 amide bonds. The number of likely N-dealkylation sites (tertiary alicyclic amines) is 1. The number of urea groups is 1. The van der Waals surface area contributed by atoms with Crippen LogP contribution in [0, 0.1) is 5.92 Å². The van der Waals surface area contributed by atoms with Crippen molar-refractivity contribution in [2.75, 3.05) is 36.9 Å². The highest BCUT2D eigenvalue weighted by atomic mass is 32.1. The quantitative estimate of drug-likeness (QED) is 0.846. The molecule has 1 unspecified atom stereocenters. The largest absolute Gasteiger partial charge is 0.486 e. The van der Waals surface area contributed by atoms with Crippen molar-refractivity contribution in [1.29, 1.82) is 0 Å². The zero-order valence-electron chi connectivity index (χ0n) is 14.8. The van der Waals surface area contributed by atoms with E-state index in [9.17, 15) is 9.59 Å². The van der Waals surface area contributed by atoms with E-state index in [1.54, 1.807) is 23.1 Å². The van der Waals surface area contributed by atoms with Gasteiger partial charge in [-0.05, 0) is 42.5 Å². The van der Waals surface area contributed by atoms with Gasteiger partial charge in [0, 0.05) is 24.8 Å². The van der Waals surface area contributed by atoms with Crippen molar-refractivity contribution in [3.05, 3.63) is 35.7 Å². The fourth-order valence-electron chi connectivity index (χ4n) is 3.28. The Bertz CT molecular complexity index is 824. The van der Waals surface area contributed by atoms with Gasteiger partial charge >= 0.3 is 6.03 Å². The summed E-state index contributed by atoms with van der Waals surface area (Å²) in [6.45, 7) is 2.10. The lowest BCUT2D eigenvalue weighted by molar-refractivity contribution is -0.121. The normalized spacial score (nSPS) is 18.7. The first kappa shape index (κ1) is 17.7. The van der Waals surface area contributed by atoms with E-state index in [4.69, 9.17) is 9.47 Å². The van der Waals surface area contributed by atoms with E-state index in [0.717, 1.165) is 17.8 Å². The molecule has 0 bridgehead atoms. The molecule has 142 valence electrons. The Hall–Kier alpha value is -2.74. The number of amides is 3. The van der Waals surface area contributed by atoms with Gasteiger partial charge in [0.25, 0.3) is 0 Å². The molecule has 27 heavy (non-hydrogen) atoms. The molecule has 1 aromatic heterocycles. The Balaban J connectivity index is 1.36. The van der Waals surface area contributed by atoms with Gasteiger partial charge in [-0.2, -0.15) is 0 Å². The maximum atomic E-state index is 12.7. The van der Waals surface area contributed by atoms with Crippen LogP contribution in [0.15, 0.2) is 35.7 Å². The second kappa shape index (κ2) is 7.87. The van der Waals surface area contributed by atoms with Crippen LogP contribution in [-0.2, 0) is 4.79 Å². The van der Waals surface area contributed by atoms with Gasteiger partial charge in [0.1, 0.15) is 13.2 Å². The van der Waals surface area contributed by atoms with Crippen LogP contribution in [0.1, 0.15) is 12.8 Å². The van der Waals surface area contributed by atoms with Gasteiger partial charge in [-0.25, -0.2) is 4.79 Å². The summed E-state index contributed by atoms with van der Waals surface area (Å²) >= 11 is 1.48. The first-order chi connectivity index (χ1) is 13.2. The minimum absolute atomic E-state index is 0.0831. The minimum atomic E-state index is -0.235. The number of carbonyl (C=O) groups is 2. The molecule has 2 N–H and O–H groups in total. The lowest BCUT2D eigenvalue weighted by Gasteiger charge is -2.32. The summed E-state index contributed by atoms with van der Waals surface area (Å²) in [5, 5.41) is 8.53. The van der Waals surface area contributed by atoms with Crippen LogP contribution in [0.25, 0.3) is 0 Å². The number of rotatable bonds is 3. The maximum Gasteiger partial charge on any atom is 0.322 e. The van der Waals surface area contributed by atoms with Crippen LogP contribution in [0.2, 0.25) is 0 Å². The highest BCUT2D eigenvalue weighted by Crippen LogP contribution is 2.33. The monoisotopic (exact) mass is 387 g/mol. The van der Waals surface area contributed by atoms with E-state index >= 15 is 0 Å². The van der Waals surface area contributed by atoms with Gasteiger partial charge in [-0.15, -0.1) is 11.3 Å². The summed E-state index contributed by atoms with van der Waals surface area (Å²) < 4.78 is 11.0. The van der Waals surface area contributed by atoms with Crippen molar-refractivity contribution in [1.82, 2.24) is 4.90 Å². The minimum Gasteiger partial charge on any atom is -0.486 e. The molecule has 2 aliphatic heterocycles. The average molecular weight is 387 g/mol. The third kappa shape index (κ3) is 4.16. The van der Waals surface area contributed by atoms with Crippen molar-refractivity contribution >= 4 is 34.0 Å². The lowest BCUT2D eigenvalue weighted by Crippen LogP contribution is -2.45. The van der Waals surface area contributed by atoms with E-state index in [1.165, 1.54) is 11.3 Å². The molecule has 3 heterocycles. The van der Waals surface area contributed by atoms with Gasteiger partial charge in [0.2, 0.25) is 5.91 Å². The number of fused-ring (bicyclic) bond motifs is 1. The molecule has 7 nitrogen and oxygen atoms in total. The molecule has 8 heteroatoms. The van der Waals surface area contributed by atoms with Crippen LogP contribution < -0.4 is 20.1 Å². The number of hydrogen-bond donors (Lipinski definition) is 2. The van der Waals surface area contributed by atoms with Crippen molar-refractivity contribution in [3.8, 4) is 11.5 Å². The van der Waals surface area contributed by atoms with E-state index in [-0.39, 0.29) is 17.9 Å². The Labute approximate surface area is 161 Å². The van der Waals surface area contributed by atoms with Crippen LogP contribution in [0.5, 0.6) is 11.5 Å². The predicted octanol–water partition coefficient (Wildman–Crippen LogP) is 3.40. The van der Waals surface area contributed by atoms with E-state index in [1.807, 2.05) is 17.5 Å². The molecule has 0 saturated carbocycles. The topological polar surface area (TPSA) is 79.9 Å². The number of anilines is 2. The SMILES string of the molecule is O=C(Nc1ccc2c(c1)OCCO2)C1CCCN(C(=O)Nc2cccs2)C1. The predicted molar refractivity (Wildman–Crippen MR) is 104 cm³/mol. The van der Waals surface area contributed by atoms with Crippen LogP contribution in [-0.4, -0.2) is 43.1 Å². The number of nitrogens with one attached hydrogen (secondary N) is 2. The van der Waals surface area contributed by atoms with Crippen LogP contribution in [0.3, 0.4) is 0 Å². The third-order valence-electron chi connectivity index (χ3n) is 4.64. The van der Waals surface area contributed by atoms with Gasteiger partial charge in [-0.3, -0.25) is 10.1 Å². The number of nitrogens with zero attached hydrogens (tertiary/aromatic N) is 1. The molecular formula is C19H21N3O4S. The maximum absolute atomic E-state index is 12.7. The number of carbonyl (C=O) groups excluding carboxylic acids is 2. The van der Waals surface area contributed by atoms with E-state index in [0.29, 0.717) is 43.5 Å². The van der Waals surface area contributed by atoms with Gasteiger partial charge in [-0.1, -0.05) is 0 Å². The molecule has 1 aromatic carbocycles. The summed E-state index contributed by atoms with van der Waals surface area (Å²) in [6.07, 6.45) is 1.57. The van der Waals surface area contributed by atoms with Gasteiger partial charge in [0.15, 0.2) is 11.5 Å². The summed E-state index contributed by atoms with van der Waals surface area (Å²) in [5.41, 5.74) is 0.671. The molecule has 1 fully saturated rings. The first-order valence-electron chi connectivity index (χ1n) is 8.99. The van der Waals surface area contributed by atoms with Gasteiger partial charge < -0.3 is 19.7 Å². The van der Waals surface area contributed by atoms with Crippen molar-refractivity contribution < 1.29 is 19.1 Å². The Morgan fingerprint density at radius 2 is 1.96 bits per heavy atom. The second-order valence-corrected chi connectivity index (χ2v) is 7.49. The van der Waals surface area contributed by atoms with Crippen LogP contribution >= 0.6 is 11.3 Å². The number of hydrogen-bond acceptors (Lipinski definition) is 5. The fraction of sp³-hybridized carbons (Fsp3) is 0.368. The molecule has 1 saturated heterocycles. The van der Waals surface area contributed by atoms with Crippen molar-refractivity contribution in [2.24, 2.45) is 5.92 Å². The average Bonchev–Trinajstić information content (AvgIpc) is 3.21. The molecule has 1 atom stereocenters. The molecule has 2 aliphatic rings. The number of benzene rings is 1. The number of piperidine rings is 1. The van der Waals surface area contributed by atoms with Gasteiger partial charge in [0.05, 0.1) is 10.9 Å². The molecule has 0 radical (unpaired) electrons. The molecular weight excluding hydrogens is 366 g/mol. The number of ether oxygens (including phenoxy) is 2. The molecule has 0 spiro atoms. The second-order valence-electron chi connectivity index (χ2n) is 6.54. The molecule has 0 aliphatic carbocycles. The van der Waals surface area contributed by atoms with E-state index in [2.05, 4.69) is 10.6 Å². The highest BCUT2D eigenvalue weighted by molar-refractivity contribution is 7.14. The smallest absolute Gasteiger partial charge is 0.322 e. The Morgan fingerprint density at radius 3 is 2.78 bits per heavy atom. The summed E-state index contributed by atoms with van der Waals surface area (Å²) in [5.74, 6) is 1.01. The standard InChI is InChI=1S/C19H21N3O4S/c23-18(20-14-5-6-15-16(11-14)26-9-8-25-15)13-3-1-7-22(12-13)19(24)21-17-4-2-10-27-17/h2,4-6,10-11,13H,1,3,7-9,12H2,(H,20,23)(H,21,24). The zero-order chi connectivity index (χ0) is 18.6. The van der Waals surface area contributed by atoms with E-state index < -0.39 is 0 Å². The summed E-state index contributed by atoms with van der Waals surface area (Å²) in [7, 11) is 0. The molecule has 2 aromatic rings. The number of thiophene rings is 1. The Kier molecular flexibility index (Phi) is 5.15. The van der Waals surface area contributed by atoms with Crippen LogP contribution in [0.4, 0.5) is 15.5 Å².